The fraction of sp³-hybridized carbons (Fsp3) is 0.280. The van der Waals surface area contributed by atoms with E-state index in [9.17, 15) is 4.79 Å². The van der Waals surface area contributed by atoms with Crippen molar-refractivity contribution in [3.8, 4) is 0 Å². The van der Waals surface area contributed by atoms with Crippen LogP contribution in [0.5, 0.6) is 0 Å². The van der Waals surface area contributed by atoms with E-state index in [1.807, 2.05) is 43.3 Å². The second-order valence-corrected chi connectivity index (χ2v) is 8.03. The van der Waals surface area contributed by atoms with E-state index in [-0.39, 0.29) is 5.91 Å². The van der Waals surface area contributed by atoms with Crippen LogP contribution in [0.25, 0.3) is 0 Å². The van der Waals surface area contributed by atoms with Gasteiger partial charge in [-0.05, 0) is 41.7 Å². The molecule has 0 unspecified atom stereocenters. The maximum atomic E-state index is 13.4. The highest BCUT2D eigenvalue weighted by Gasteiger charge is 2.43. The lowest BCUT2D eigenvalue weighted by atomic mass is 9.93. The van der Waals surface area contributed by atoms with Gasteiger partial charge in [0.15, 0.2) is 0 Å². The van der Waals surface area contributed by atoms with Gasteiger partial charge in [0, 0.05) is 31.6 Å². The van der Waals surface area contributed by atoms with E-state index < -0.39 is 5.54 Å². The van der Waals surface area contributed by atoms with Crippen LogP contribution < -0.4 is 16.4 Å². The number of nitrogens with one attached hydrogen (secondary N) is 2. The SMILES string of the molecule is Cc1nc(N)ccc1CNC(=O)C1(NCCc2ccccc2)Cc2ccccc2C1. The van der Waals surface area contributed by atoms with Gasteiger partial charge in [0.05, 0.1) is 0 Å². The summed E-state index contributed by atoms with van der Waals surface area (Å²) in [6.45, 7) is 3.10. The zero-order valence-corrected chi connectivity index (χ0v) is 17.3. The van der Waals surface area contributed by atoms with Crippen LogP contribution in [-0.4, -0.2) is 23.0 Å². The van der Waals surface area contributed by atoms with Crippen LogP contribution in [0.2, 0.25) is 0 Å². The van der Waals surface area contributed by atoms with E-state index in [2.05, 4.69) is 39.9 Å². The maximum Gasteiger partial charge on any atom is 0.241 e. The standard InChI is InChI=1S/C25H28N4O/c1-18-22(11-12-23(26)29-18)17-27-24(30)25(15-20-9-5-6-10-21(20)16-25)28-14-13-19-7-3-2-4-8-19/h2-12,28H,13-17H2,1H3,(H2,26,29)(H,27,30). The minimum atomic E-state index is -0.631. The summed E-state index contributed by atoms with van der Waals surface area (Å²) in [5.74, 6) is 0.524. The van der Waals surface area contributed by atoms with Gasteiger partial charge in [-0.3, -0.25) is 4.79 Å². The Bertz CT molecular complexity index is 1010. The first-order valence-corrected chi connectivity index (χ1v) is 10.4. The molecular formula is C25H28N4O. The van der Waals surface area contributed by atoms with Crippen molar-refractivity contribution in [2.75, 3.05) is 12.3 Å². The first-order valence-electron chi connectivity index (χ1n) is 10.4. The van der Waals surface area contributed by atoms with E-state index in [0.717, 1.165) is 24.2 Å². The number of benzene rings is 2. The van der Waals surface area contributed by atoms with Crippen molar-refractivity contribution in [1.82, 2.24) is 15.6 Å². The van der Waals surface area contributed by atoms with E-state index in [0.29, 0.717) is 25.2 Å². The summed E-state index contributed by atoms with van der Waals surface area (Å²) in [7, 11) is 0. The van der Waals surface area contributed by atoms with Gasteiger partial charge in [0.1, 0.15) is 11.4 Å². The molecule has 0 saturated heterocycles. The number of hydrogen-bond acceptors (Lipinski definition) is 4. The largest absolute Gasteiger partial charge is 0.384 e. The smallest absolute Gasteiger partial charge is 0.241 e. The molecule has 1 amide bonds. The number of aromatic nitrogens is 1. The van der Waals surface area contributed by atoms with E-state index >= 15 is 0 Å². The summed E-state index contributed by atoms with van der Waals surface area (Å²) in [6, 6.07) is 22.4. The number of nitrogens with two attached hydrogens (primary N) is 1. The number of carbonyl (C=O) groups is 1. The predicted octanol–water partition coefficient (Wildman–Crippen LogP) is 2.96. The average Bonchev–Trinajstić information content (AvgIpc) is 3.13. The van der Waals surface area contributed by atoms with Crippen molar-refractivity contribution in [1.29, 1.82) is 0 Å². The van der Waals surface area contributed by atoms with Crippen LogP contribution in [0.4, 0.5) is 5.82 Å². The van der Waals surface area contributed by atoms with Gasteiger partial charge >= 0.3 is 0 Å². The van der Waals surface area contributed by atoms with Gasteiger partial charge in [-0.25, -0.2) is 4.98 Å². The van der Waals surface area contributed by atoms with Gasteiger partial charge in [-0.15, -0.1) is 0 Å². The summed E-state index contributed by atoms with van der Waals surface area (Å²) in [4.78, 5) is 17.7. The zero-order chi connectivity index (χ0) is 21.0. The molecule has 154 valence electrons. The molecule has 1 heterocycles. The average molecular weight is 401 g/mol. The molecule has 2 aromatic carbocycles. The predicted molar refractivity (Wildman–Crippen MR) is 120 cm³/mol. The Kier molecular flexibility index (Phi) is 5.81. The molecule has 5 nitrogen and oxygen atoms in total. The fourth-order valence-corrected chi connectivity index (χ4v) is 4.21. The van der Waals surface area contributed by atoms with Crippen molar-refractivity contribution in [3.05, 3.63) is 94.7 Å². The summed E-state index contributed by atoms with van der Waals surface area (Å²) < 4.78 is 0. The molecule has 0 spiro atoms. The second kappa shape index (κ2) is 8.67. The Hall–Kier alpha value is -3.18. The molecule has 1 aliphatic rings. The van der Waals surface area contributed by atoms with Gasteiger partial charge in [0.2, 0.25) is 5.91 Å². The van der Waals surface area contributed by atoms with E-state index in [4.69, 9.17) is 5.73 Å². The molecule has 3 aromatic rings. The number of hydrogen-bond donors (Lipinski definition) is 3. The minimum absolute atomic E-state index is 0.0305. The molecule has 0 radical (unpaired) electrons. The van der Waals surface area contributed by atoms with E-state index in [1.165, 1.54) is 16.7 Å². The van der Waals surface area contributed by atoms with Gasteiger partial charge in [0.25, 0.3) is 0 Å². The Morgan fingerprint density at radius 3 is 2.33 bits per heavy atom. The highest BCUT2D eigenvalue weighted by atomic mass is 16.2. The molecular weight excluding hydrogens is 372 g/mol. The highest BCUT2D eigenvalue weighted by molar-refractivity contribution is 5.88. The summed E-state index contributed by atoms with van der Waals surface area (Å²) >= 11 is 0. The lowest BCUT2D eigenvalue weighted by Gasteiger charge is -2.29. The highest BCUT2D eigenvalue weighted by Crippen LogP contribution is 2.30. The number of anilines is 1. The van der Waals surface area contributed by atoms with Gasteiger partial charge < -0.3 is 16.4 Å². The quantitative estimate of drug-likeness (QED) is 0.570. The lowest BCUT2D eigenvalue weighted by molar-refractivity contribution is -0.127. The molecule has 0 saturated carbocycles. The molecule has 4 rings (SSSR count). The third-order valence-electron chi connectivity index (χ3n) is 5.91. The topological polar surface area (TPSA) is 80.0 Å². The number of carbonyl (C=O) groups excluding carboxylic acids is 1. The Morgan fingerprint density at radius 1 is 1.00 bits per heavy atom. The molecule has 4 N–H and O–H groups in total. The van der Waals surface area contributed by atoms with Gasteiger partial charge in [-0.2, -0.15) is 0 Å². The molecule has 0 aliphatic heterocycles. The van der Waals surface area contributed by atoms with Crippen LogP contribution in [0.15, 0.2) is 66.7 Å². The van der Waals surface area contributed by atoms with Crippen molar-refractivity contribution in [2.24, 2.45) is 0 Å². The van der Waals surface area contributed by atoms with Crippen LogP contribution >= 0.6 is 0 Å². The Labute approximate surface area is 177 Å². The lowest BCUT2D eigenvalue weighted by Crippen LogP contribution is -2.58. The molecule has 1 aromatic heterocycles. The number of nitrogen functional groups attached to an aromatic ring is 1. The molecule has 0 fully saturated rings. The van der Waals surface area contributed by atoms with Crippen molar-refractivity contribution >= 4 is 11.7 Å². The molecule has 0 atom stereocenters. The number of rotatable bonds is 7. The number of fused-ring (bicyclic) bond motifs is 1. The summed E-state index contributed by atoms with van der Waals surface area (Å²) in [6.07, 6.45) is 2.28. The third kappa shape index (κ3) is 4.36. The second-order valence-electron chi connectivity index (χ2n) is 8.03. The number of pyridine rings is 1. The number of amides is 1. The molecule has 30 heavy (non-hydrogen) atoms. The maximum absolute atomic E-state index is 13.4. The number of nitrogens with zero attached hydrogens (tertiary/aromatic N) is 1. The van der Waals surface area contributed by atoms with Gasteiger partial charge in [-0.1, -0.05) is 60.7 Å². The summed E-state index contributed by atoms with van der Waals surface area (Å²) in [5, 5.41) is 6.75. The molecule has 0 bridgehead atoms. The Morgan fingerprint density at radius 2 is 1.67 bits per heavy atom. The normalized spacial score (nSPS) is 14.3. The van der Waals surface area contributed by atoms with Crippen LogP contribution in [0.1, 0.15) is 27.9 Å². The van der Waals surface area contributed by atoms with Crippen LogP contribution in [0.3, 0.4) is 0 Å². The van der Waals surface area contributed by atoms with Crippen LogP contribution in [-0.2, 0) is 30.6 Å². The zero-order valence-electron chi connectivity index (χ0n) is 17.3. The van der Waals surface area contributed by atoms with Crippen molar-refractivity contribution in [3.63, 3.8) is 0 Å². The van der Waals surface area contributed by atoms with Crippen molar-refractivity contribution < 1.29 is 4.79 Å². The fourth-order valence-electron chi connectivity index (χ4n) is 4.21. The molecule has 5 heteroatoms. The minimum Gasteiger partial charge on any atom is -0.384 e. The Balaban J connectivity index is 1.48. The first kappa shape index (κ1) is 20.1. The van der Waals surface area contributed by atoms with E-state index in [1.54, 1.807) is 6.07 Å². The summed E-state index contributed by atoms with van der Waals surface area (Å²) in [5.41, 5.74) is 10.7. The van der Waals surface area contributed by atoms with Crippen LogP contribution in [0, 0.1) is 6.92 Å². The number of aryl methyl sites for hydroxylation is 1. The molecule has 1 aliphatic carbocycles. The monoisotopic (exact) mass is 400 g/mol. The first-order chi connectivity index (χ1) is 14.6. The third-order valence-corrected chi connectivity index (χ3v) is 5.91. The van der Waals surface area contributed by atoms with Crippen molar-refractivity contribution in [2.45, 2.75) is 38.3 Å².